The SMILES string of the molecule is C=C/C(=C\CC(C)(C=C)CCCBr)S(=O)(=O)O. The first-order chi connectivity index (χ1) is 7.79. The molecule has 1 unspecified atom stereocenters. The van der Waals surface area contributed by atoms with Crippen molar-refractivity contribution in [2.75, 3.05) is 5.33 Å². The Hall–Kier alpha value is -0.390. The van der Waals surface area contributed by atoms with Gasteiger partial charge in [0.25, 0.3) is 10.1 Å². The van der Waals surface area contributed by atoms with Crippen LogP contribution in [-0.2, 0) is 10.1 Å². The van der Waals surface area contributed by atoms with E-state index in [9.17, 15) is 8.42 Å². The maximum atomic E-state index is 11.0. The van der Waals surface area contributed by atoms with Crippen LogP contribution in [0.2, 0.25) is 0 Å². The molecule has 1 N–H and O–H groups in total. The van der Waals surface area contributed by atoms with Gasteiger partial charge in [-0.05, 0) is 30.8 Å². The average Bonchev–Trinajstić information content (AvgIpc) is 2.25. The van der Waals surface area contributed by atoms with Crippen LogP contribution >= 0.6 is 15.9 Å². The molecular weight excluding hydrogens is 304 g/mol. The highest BCUT2D eigenvalue weighted by atomic mass is 79.9. The molecule has 0 spiro atoms. The Bertz CT molecular complexity index is 398. The molecule has 3 nitrogen and oxygen atoms in total. The lowest BCUT2D eigenvalue weighted by Crippen LogP contribution is -2.12. The van der Waals surface area contributed by atoms with Crippen molar-refractivity contribution in [1.29, 1.82) is 0 Å². The van der Waals surface area contributed by atoms with Gasteiger partial charge >= 0.3 is 0 Å². The Kier molecular flexibility index (Phi) is 6.97. The molecule has 0 aliphatic carbocycles. The van der Waals surface area contributed by atoms with Crippen LogP contribution in [0.3, 0.4) is 0 Å². The van der Waals surface area contributed by atoms with Crippen LogP contribution < -0.4 is 0 Å². The number of hydrogen-bond donors (Lipinski definition) is 1. The Morgan fingerprint density at radius 2 is 2.06 bits per heavy atom. The van der Waals surface area contributed by atoms with Crippen LogP contribution in [0, 0.1) is 5.41 Å². The molecular formula is C12H19BrO3S. The minimum absolute atomic E-state index is 0.149. The first-order valence-electron chi connectivity index (χ1n) is 5.29. The van der Waals surface area contributed by atoms with Crippen molar-refractivity contribution in [3.8, 4) is 0 Å². The Morgan fingerprint density at radius 3 is 2.41 bits per heavy atom. The summed E-state index contributed by atoms with van der Waals surface area (Å²) in [6.45, 7) is 9.15. The molecule has 5 heteroatoms. The zero-order valence-corrected chi connectivity index (χ0v) is 12.4. The lowest BCUT2D eigenvalue weighted by atomic mass is 9.82. The maximum Gasteiger partial charge on any atom is 0.294 e. The first kappa shape index (κ1) is 16.6. The van der Waals surface area contributed by atoms with E-state index in [2.05, 4.69) is 29.1 Å². The van der Waals surface area contributed by atoms with Gasteiger partial charge in [-0.15, -0.1) is 6.58 Å². The van der Waals surface area contributed by atoms with Crippen molar-refractivity contribution in [3.63, 3.8) is 0 Å². The Morgan fingerprint density at radius 1 is 1.47 bits per heavy atom. The number of hydrogen-bond acceptors (Lipinski definition) is 2. The van der Waals surface area contributed by atoms with E-state index in [4.69, 9.17) is 4.55 Å². The van der Waals surface area contributed by atoms with Crippen LogP contribution in [0.15, 0.2) is 36.3 Å². The fraction of sp³-hybridized carbons (Fsp3) is 0.500. The highest BCUT2D eigenvalue weighted by molar-refractivity contribution is 9.09. The lowest BCUT2D eigenvalue weighted by Gasteiger charge is -2.23. The molecule has 0 saturated carbocycles. The van der Waals surface area contributed by atoms with Gasteiger partial charge in [-0.25, -0.2) is 0 Å². The minimum Gasteiger partial charge on any atom is -0.282 e. The van der Waals surface area contributed by atoms with E-state index in [1.165, 1.54) is 6.08 Å². The Labute approximate surface area is 112 Å². The summed E-state index contributed by atoms with van der Waals surface area (Å²) in [4.78, 5) is -0.149. The van der Waals surface area contributed by atoms with E-state index < -0.39 is 10.1 Å². The number of halogens is 1. The normalized spacial score (nSPS) is 16.3. The van der Waals surface area contributed by atoms with Crippen molar-refractivity contribution in [1.82, 2.24) is 0 Å². The average molecular weight is 323 g/mol. The zero-order chi connectivity index (χ0) is 13.5. The highest BCUT2D eigenvalue weighted by Gasteiger charge is 2.19. The van der Waals surface area contributed by atoms with Crippen LogP contribution in [0.1, 0.15) is 26.2 Å². The summed E-state index contributed by atoms with van der Waals surface area (Å²) in [5, 5.41) is 0.896. The molecule has 1 atom stereocenters. The summed E-state index contributed by atoms with van der Waals surface area (Å²) in [6.07, 6.45) is 6.82. The van der Waals surface area contributed by atoms with E-state index in [1.807, 2.05) is 13.0 Å². The van der Waals surface area contributed by atoms with E-state index in [0.29, 0.717) is 6.42 Å². The van der Waals surface area contributed by atoms with E-state index in [0.717, 1.165) is 24.2 Å². The van der Waals surface area contributed by atoms with Gasteiger partial charge in [0.1, 0.15) is 0 Å². The third-order valence-electron chi connectivity index (χ3n) is 2.64. The molecule has 98 valence electrons. The lowest BCUT2D eigenvalue weighted by molar-refractivity contribution is 0.394. The summed E-state index contributed by atoms with van der Waals surface area (Å²) < 4.78 is 30.9. The molecule has 0 aliphatic heterocycles. The van der Waals surface area contributed by atoms with Gasteiger partial charge in [0, 0.05) is 5.33 Å². The van der Waals surface area contributed by atoms with Gasteiger partial charge in [0.05, 0.1) is 4.91 Å². The van der Waals surface area contributed by atoms with E-state index in [1.54, 1.807) is 0 Å². The topological polar surface area (TPSA) is 54.4 Å². The summed E-state index contributed by atoms with van der Waals surface area (Å²) >= 11 is 3.35. The predicted molar refractivity (Wildman–Crippen MR) is 75.8 cm³/mol. The van der Waals surface area contributed by atoms with Gasteiger partial charge in [-0.1, -0.05) is 41.6 Å². The van der Waals surface area contributed by atoms with Gasteiger partial charge in [-0.2, -0.15) is 8.42 Å². The maximum absolute atomic E-state index is 11.0. The molecule has 0 amide bonds. The van der Waals surface area contributed by atoms with Crippen molar-refractivity contribution in [3.05, 3.63) is 36.3 Å². The van der Waals surface area contributed by atoms with Crippen LogP contribution in [0.5, 0.6) is 0 Å². The number of alkyl halides is 1. The van der Waals surface area contributed by atoms with Crippen LogP contribution in [0.25, 0.3) is 0 Å². The van der Waals surface area contributed by atoms with Crippen molar-refractivity contribution < 1.29 is 13.0 Å². The minimum atomic E-state index is -4.17. The monoisotopic (exact) mass is 322 g/mol. The second-order valence-corrected chi connectivity index (χ2v) is 6.36. The quantitative estimate of drug-likeness (QED) is 0.321. The molecule has 0 bridgehead atoms. The van der Waals surface area contributed by atoms with E-state index in [-0.39, 0.29) is 10.3 Å². The molecule has 0 radical (unpaired) electrons. The molecule has 0 heterocycles. The van der Waals surface area contributed by atoms with Crippen LogP contribution in [0.4, 0.5) is 0 Å². The molecule has 17 heavy (non-hydrogen) atoms. The number of allylic oxidation sites excluding steroid dienone is 3. The fourth-order valence-electron chi connectivity index (χ4n) is 1.39. The predicted octanol–water partition coefficient (Wildman–Crippen LogP) is 3.70. The van der Waals surface area contributed by atoms with Crippen molar-refractivity contribution in [2.24, 2.45) is 5.41 Å². The highest BCUT2D eigenvalue weighted by Crippen LogP contribution is 2.30. The summed E-state index contributed by atoms with van der Waals surface area (Å²) in [5.74, 6) is 0. The molecule has 0 aromatic rings. The molecule has 0 saturated heterocycles. The van der Waals surface area contributed by atoms with Gasteiger partial charge < -0.3 is 0 Å². The Balaban J connectivity index is 4.85. The summed E-state index contributed by atoms with van der Waals surface area (Å²) in [7, 11) is -4.17. The molecule has 0 aromatic carbocycles. The first-order valence-corrected chi connectivity index (χ1v) is 7.85. The second kappa shape index (κ2) is 7.13. The van der Waals surface area contributed by atoms with Crippen molar-refractivity contribution in [2.45, 2.75) is 26.2 Å². The molecule has 0 aromatic heterocycles. The third kappa shape index (κ3) is 6.19. The smallest absolute Gasteiger partial charge is 0.282 e. The number of rotatable bonds is 8. The molecule has 0 rings (SSSR count). The van der Waals surface area contributed by atoms with Crippen molar-refractivity contribution >= 4 is 26.0 Å². The largest absolute Gasteiger partial charge is 0.294 e. The standard InChI is InChI=1S/C12H19BrO3S/c1-4-11(17(14,15)16)7-9-12(3,5-2)8-6-10-13/h4-5,7H,1-2,6,8-10H2,3H3,(H,14,15,16)/b11-7+. The van der Waals surface area contributed by atoms with Gasteiger partial charge in [0.15, 0.2) is 0 Å². The summed E-state index contributed by atoms with van der Waals surface area (Å²) in [5.41, 5.74) is -0.174. The third-order valence-corrected chi connectivity index (χ3v) is 4.13. The molecule has 0 fully saturated rings. The fourth-order valence-corrected chi connectivity index (χ4v) is 2.17. The molecule has 0 aliphatic rings. The van der Waals surface area contributed by atoms with Gasteiger partial charge in [0.2, 0.25) is 0 Å². The zero-order valence-electron chi connectivity index (χ0n) is 10.0. The van der Waals surface area contributed by atoms with Crippen LogP contribution in [-0.4, -0.2) is 18.3 Å². The summed E-state index contributed by atoms with van der Waals surface area (Å²) in [6, 6.07) is 0. The van der Waals surface area contributed by atoms with E-state index >= 15 is 0 Å². The second-order valence-electron chi connectivity index (χ2n) is 4.14. The van der Waals surface area contributed by atoms with Gasteiger partial charge in [-0.3, -0.25) is 4.55 Å².